The predicted molar refractivity (Wildman–Crippen MR) is 67.1 cm³/mol. The van der Waals surface area contributed by atoms with Crippen LogP contribution in [0.4, 0.5) is 0 Å². The average Bonchev–Trinajstić information content (AvgIpc) is 2.43. The summed E-state index contributed by atoms with van der Waals surface area (Å²) in [5.41, 5.74) is 0. The van der Waals surface area contributed by atoms with E-state index in [1.165, 1.54) is 11.9 Å². The van der Waals surface area contributed by atoms with Crippen molar-refractivity contribution in [2.24, 2.45) is 11.8 Å². The second-order valence-electron chi connectivity index (χ2n) is 4.00. The molecule has 0 amide bonds. The van der Waals surface area contributed by atoms with Crippen LogP contribution in [0.25, 0.3) is 0 Å². The third-order valence-corrected chi connectivity index (χ3v) is 5.02. The molecule has 15 heavy (non-hydrogen) atoms. The first-order chi connectivity index (χ1) is 7.06. The number of ether oxygens (including phenoxy) is 1. The van der Waals surface area contributed by atoms with Crippen molar-refractivity contribution in [3.05, 3.63) is 0 Å². The maximum atomic E-state index is 11.2. The molecule has 0 saturated carbocycles. The van der Waals surface area contributed by atoms with Crippen LogP contribution >= 0.6 is 20.1 Å². The lowest BCUT2D eigenvalue weighted by Gasteiger charge is -2.16. The van der Waals surface area contributed by atoms with E-state index in [9.17, 15) is 4.57 Å². The van der Waals surface area contributed by atoms with Gasteiger partial charge in [-0.3, -0.25) is 4.57 Å². The molecule has 1 aliphatic heterocycles. The van der Waals surface area contributed by atoms with Crippen LogP contribution in [0, 0.1) is 11.8 Å². The van der Waals surface area contributed by atoms with E-state index in [4.69, 9.17) is 9.26 Å². The van der Waals surface area contributed by atoms with Crippen LogP contribution in [0.1, 0.15) is 13.8 Å². The van der Waals surface area contributed by atoms with Crippen molar-refractivity contribution in [2.75, 3.05) is 12.9 Å². The van der Waals surface area contributed by atoms with Gasteiger partial charge >= 0.3 is 0 Å². The fourth-order valence-electron chi connectivity index (χ4n) is 1.75. The van der Waals surface area contributed by atoms with Crippen LogP contribution in [0.3, 0.4) is 0 Å². The molecule has 4 nitrogen and oxygen atoms in total. The number of rotatable bonds is 5. The minimum atomic E-state index is -2.10. The lowest BCUT2D eigenvalue weighted by Crippen LogP contribution is -2.21. The largest absolute Gasteiger partial charge is 0.381 e. The van der Waals surface area contributed by atoms with E-state index in [0.717, 1.165) is 0 Å². The molecular formula is C8H19BNO3PS. The highest BCUT2D eigenvalue weighted by atomic mass is 32.2. The maximum absolute atomic E-state index is 11.2. The third kappa shape index (κ3) is 3.79. The van der Waals surface area contributed by atoms with Crippen molar-refractivity contribution in [3.8, 4) is 0 Å². The zero-order valence-corrected chi connectivity index (χ0v) is 11.5. The van der Waals surface area contributed by atoms with E-state index >= 15 is 0 Å². The smallest absolute Gasteiger partial charge is 0.267 e. The predicted octanol–water partition coefficient (Wildman–Crippen LogP) is 0.890. The highest BCUT2D eigenvalue weighted by molar-refractivity contribution is 8.00. The van der Waals surface area contributed by atoms with Gasteiger partial charge in [0.2, 0.25) is 0 Å². The van der Waals surface area contributed by atoms with Gasteiger partial charge in [-0.1, -0.05) is 25.8 Å². The summed E-state index contributed by atoms with van der Waals surface area (Å²) >= 11 is 1.31. The van der Waals surface area contributed by atoms with Crippen LogP contribution in [0.5, 0.6) is 0 Å². The zero-order valence-electron chi connectivity index (χ0n) is 9.65. The molecule has 1 fully saturated rings. The Morgan fingerprint density at radius 1 is 1.53 bits per heavy atom. The summed E-state index contributed by atoms with van der Waals surface area (Å²) in [5, 5.41) is 0. The van der Waals surface area contributed by atoms with Gasteiger partial charge in [0.15, 0.2) is 0 Å². The highest BCUT2D eigenvalue weighted by Crippen LogP contribution is 2.32. The van der Waals surface area contributed by atoms with Crippen molar-refractivity contribution in [1.82, 2.24) is 4.49 Å². The van der Waals surface area contributed by atoms with Gasteiger partial charge in [-0.2, -0.15) is 4.49 Å². The molecule has 1 rings (SSSR count). The maximum Gasteiger partial charge on any atom is 0.267 e. The van der Waals surface area contributed by atoms with Gasteiger partial charge < -0.3 is 9.26 Å². The van der Waals surface area contributed by atoms with Gasteiger partial charge in [0.25, 0.3) is 8.18 Å². The molecule has 7 heteroatoms. The van der Waals surface area contributed by atoms with E-state index in [2.05, 4.69) is 26.2 Å². The first-order valence-electron chi connectivity index (χ1n) is 5.17. The molecule has 5 unspecified atom stereocenters. The van der Waals surface area contributed by atoms with Gasteiger partial charge in [0, 0.05) is 6.00 Å². The van der Waals surface area contributed by atoms with Gasteiger partial charge in [-0.15, -0.1) is 0 Å². The van der Waals surface area contributed by atoms with Crippen LogP contribution in [-0.4, -0.2) is 32.8 Å². The fourth-order valence-corrected chi connectivity index (χ4v) is 2.97. The number of hydrogen-bond acceptors (Lipinski definition) is 4. The van der Waals surface area contributed by atoms with E-state index in [-0.39, 0.29) is 12.1 Å². The molecule has 5 atom stereocenters. The lowest BCUT2D eigenvalue weighted by molar-refractivity contribution is 0.0384. The first-order valence-corrected chi connectivity index (χ1v) is 7.71. The Morgan fingerprint density at radius 3 is 2.67 bits per heavy atom. The first kappa shape index (κ1) is 13.6. The van der Waals surface area contributed by atoms with Crippen LogP contribution in [-0.2, 0) is 13.8 Å². The molecule has 1 N–H and O–H groups in total. The van der Waals surface area contributed by atoms with Crippen LogP contribution < -0.4 is 4.49 Å². The molecule has 1 aliphatic rings. The Morgan fingerprint density at radius 2 is 2.20 bits per heavy atom. The summed E-state index contributed by atoms with van der Waals surface area (Å²) in [6.07, 6.45) is 1.90. The number of hydrogen-bond donors (Lipinski definition) is 1. The SMILES string of the molecule is BC1OC(CO[PH](=O)NSC)C(C)C1C. The normalized spacial score (nSPS) is 38.1. The van der Waals surface area contributed by atoms with E-state index in [1.54, 1.807) is 0 Å². The Labute approximate surface area is 97.3 Å². The lowest BCUT2D eigenvalue weighted by atomic mass is 9.82. The fraction of sp³-hybridized carbons (Fsp3) is 1.00. The molecule has 0 radical (unpaired) electrons. The summed E-state index contributed by atoms with van der Waals surface area (Å²) in [7, 11) is -0.0286. The van der Waals surface area contributed by atoms with E-state index in [0.29, 0.717) is 18.4 Å². The molecule has 0 spiro atoms. The van der Waals surface area contributed by atoms with Crippen molar-refractivity contribution in [2.45, 2.75) is 26.0 Å². The second kappa shape index (κ2) is 6.31. The molecule has 1 saturated heterocycles. The molecule has 1 heterocycles. The quantitative estimate of drug-likeness (QED) is 0.446. The molecular weight excluding hydrogens is 232 g/mol. The summed E-state index contributed by atoms with van der Waals surface area (Å²) in [6.45, 7) is 4.75. The van der Waals surface area contributed by atoms with Gasteiger partial charge in [0.1, 0.15) is 7.85 Å². The molecule has 0 aromatic carbocycles. The third-order valence-electron chi connectivity index (χ3n) is 3.11. The van der Waals surface area contributed by atoms with Crippen LogP contribution in [0.15, 0.2) is 0 Å². The van der Waals surface area contributed by atoms with E-state index < -0.39 is 8.18 Å². The zero-order chi connectivity index (χ0) is 11.4. The Balaban J connectivity index is 2.31. The van der Waals surface area contributed by atoms with Crippen molar-refractivity contribution in [1.29, 1.82) is 0 Å². The Bertz CT molecular complexity index is 234. The standard InChI is InChI=1S/C8H19BNO3PS/c1-5-6(2)8(9)13-7(5)4-12-14(11)10-15-3/h5-8,14H,4,9H2,1-3H3,(H,10,11). The van der Waals surface area contributed by atoms with Gasteiger partial charge in [-0.25, -0.2) is 0 Å². The minimum absolute atomic E-state index is 0.0765. The Hall–Kier alpha value is 0.525. The summed E-state index contributed by atoms with van der Waals surface area (Å²) in [5.74, 6) is 0.999. The van der Waals surface area contributed by atoms with Crippen molar-refractivity contribution < 1.29 is 13.8 Å². The summed E-state index contributed by atoms with van der Waals surface area (Å²) in [4.78, 5) is 0. The highest BCUT2D eigenvalue weighted by Gasteiger charge is 2.36. The summed E-state index contributed by atoms with van der Waals surface area (Å²) in [6, 6.07) is 0.268. The van der Waals surface area contributed by atoms with Crippen molar-refractivity contribution >= 4 is 28.0 Å². The molecule has 0 aromatic rings. The van der Waals surface area contributed by atoms with Gasteiger partial charge in [0.05, 0.1) is 12.7 Å². The Kier molecular flexibility index (Phi) is 5.71. The summed E-state index contributed by atoms with van der Waals surface area (Å²) < 4.78 is 24.9. The molecule has 0 bridgehead atoms. The molecule has 0 aromatic heterocycles. The van der Waals surface area contributed by atoms with Crippen LogP contribution in [0.2, 0.25) is 0 Å². The van der Waals surface area contributed by atoms with Gasteiger partial charge in [-0.05, 0) is 18.1 Å². The average molecular weight is 251 g/mol. The second-order valence-corrected chi connectivity index (χ2v) is 6.09. The molecule has 0 aliphatic carbocycles. The molecule has 88 valence electrons. The van der Waals surface area contributed by atoms with E-state index in [1.807, 2.05) is 6.26 Å². The van der Waals surface area contributed by atoms with Crippen molar-refractivity contribution in [3.63, 3.8) is 0 Å². The number of nitrogens with one attached hydrogen (secondary N) is 1. The topological polar surface area (TPSA) is 47.6 Å². The monoisotopic (exact) mass is 251 g/mol. The minimum Gasteiger partial charge on any atom is -0.381 e.